The number of hydrogen-bond donors (Lipinski definition) is 1. The molecule has 2 rings (SSSR count). The third-order valence-corrected chi connectivity index (χ3v) is 3.14. The number of anilines is 1. The molecule has 2 aromatic carbocycles. The van der Waals surface area contributed by atoms with E-state index in [0.29, 0.717) is 11.4 Å². The molecular weight excluding hydrogens is 314 g/mol. The number of rotatable bonds is 7. The molecule has 0 radical (unpaired) electrons. The predicted molar refractivity (Wildman–Crippen MR) is 84.4 cm³/mol. The molecule has 2 aromatic rings. The van der Waals surface area contributed by atoms with E-state index in [9.17, 15) is 14.7 Å². The topological polar surface area (TPSA) is 96.9 Å². The number of ether oxygens (including phenoxy) is 3. The van der Waals surface area contributed by atoms with E-state index in [0.717, 1.165) is 0 Å². The van der Waals surface area contributed by atoms with Gasteiger partial charge in [-0.05, 0) is 30.3 Å². The van der Waals surface area contributed by atoms with Crippen LogP contribution in [0.15, 0.2) is 42.5 Å². The van der Waals surface area contributed by atoms with Crippen LogP contribution >= 0.6 is 0 Å². The van der Waals surface area contributed by atoms with E-state index in [1.54, 1.807) is 24.3 Å². The molecule has 1 amide bonds. The molecule has 0 bridgehead atoms. The largest absolute Gasteiger partial charge is 0.545 e. The third kappa shape index (κ3) is 4.16. The van der Waals surface area contributed by atoms with E-state index < -0.39 is 11.9 Å². The molecular formula is C17H16NO6-. The quantitative estimate of drug-likeness (QED) is 0.816. The van der Waals surface area contributed by atoms with Gasteiger partial charge in [-0.15, -0.1) is 0 Å². The van der Waals surface area contributed by atoms with E-state index in [4.69, 9.17) is 14.2 Å². The first-order chi connectivity index (χ1) is 11.5. The van der Waals surface area contributed by atoms with E-state index in [2.05, 4.69) is 5.32 Å². The van der Waals surface area contributed by atoms with E-state index in [-0.39, 0.29) is 23.7 Å². The van der Waals surface area contributed by atoms with Crippen molar-refractivity contribution in [3.8, 4) is 17.2 Å². The highest BCUT2D eigenvalue weighted by atomic mass is 16.5. The van der Waals surface area contributed by atoms with Crippen molar-refractivity contribution in [3.63, 3.8) is 0 Å². The molecule has 0 spiro atoms. The molecule has 0 fully saturated rings. The second kappa shape index (κ2) is 7.87. The first kappa shape index (κ1) is 17.1. The van der Waals surface area contributed by atoms with Crippen LogP contribution in [0.4, 0.5) is 5.69 Å². The van der Waals surface area contributed by atoms with Crippen molar-refractivity contribution in [2.75, 3.05) is 26.1 Å². The van der Waals surface area contributed by atoms with Crippen molar-refractivity contribution in [1.29, 1.82) is 0 Å². The average molecular weight is 330 g/mol. The van der Waals surface area contributed by atoms with Crippen molar-refractivity contribution < 1.29 is 28.9 Å². The summed E-state index contributed by atoms with van der Waals surface area (Å²) < 4.78 is 15.6. The Morgan fingerprint density at radius 1 is 1.00 bits per heavy atom. The molecule has 24 heavy (non-hydrogen) atoms. The minimum absolute atomic E-state index is 0.0438. The fourth-order valence-corrected chi connectivity index (χ4v) is 1.99. The van der Waals surface area contributed by atoms with Crippen LogP contribution in [0.1, 0.15) is 10.4 Å². The molecule has 1 N–H and O–H groups in total. The first-order valence-corrected chi connectivity index (χ1v) is 7.00. The summed E-state index contributed by atoms with van der Waals surface area (Å²) in [7, 11) is 2.88. The molecule has 0 saturated heterocycles. The molecule has 0 unspecified atom stereocenters. The summed E-state index contributed by atoms with van der Waals surface area (Å²) in [6.45, 7) is -0.279. The summed E-state index contributed by atoms with van der Waals surface area (Å²) >= 11 is 0. The molecule has 0 aliphatic carbocycles. The van der Waals surface area contributed by atoms with Crippen molar-refractivity contribution in [1.82, 2.24) is 0 Å². The van der Waals surface area contributed by atoms with Crippen LogP contribution in [0.25, 0.3) is 0 Å². The van der Waals surface area contributed by atoms with Crippen molar-refractivity contribution in [2.24, 2.45) is 0 Å². The lowest BCUT2D eigenvalue weighted by Gasteiger charge is -2.13. The molecule has 0 atom stereocenters. The Balaban J connectivity index is 2.02. The maximum absolute atomic E-state index is 12.0. The molecule has 0 heterocycles. The highest BCUT2D eigenvalue weighted by molar-refractivity contribution is 5.93. The maximum atomic E-state index is 12.0. The normalized spacial score (nSPS) is 9.92. The molecule has 126 valence electrons. The van der Waals surface area contributed by atoms with Gasteiger partial charge in [0.2, 0.25) is 0 Å². The van der Waals surface area contributed by atoms with Gasteiger partial charge in [0.25, 0.3) is 5.91 Å². The molecule has 7 nitrogen and oxygen atoms in total. The molecule has 0 aliphatic rings. The zero-order valence-electron chi connectivity index (χ0n) is 13.2. The van der Waals surface area contributed by atoms with Gasteiger partial charge in [0, 0.05) is 5.56 Å². The Kier molecular flexibility index (Phi) is 5.62. The molecule has 7 heteroatoms. The number of carbonyl (C=O) groups is 2. The van der Waals surface area contributed by atoms with Gasteiger partial charge < -0.3 is 29.4 Å². The number of carboxylic acids is 1. The molecule has 0 aliphatic heterocycles. The lowest BCUT2D eigenvalue weighted by molar-refractivity contribution is -0.255. The summed E-state index contributed by atoms with van der Waals surface area (Å²) in [6, 6.07) is 11.0. The average Bonchev–Trinajstić information content (AvgIpc) is 2.60. The molecule has 0 saturated carbocycles. The van der Waals surface area contributed by atoms with Gasteiger partial charge in [0.15, 0.2) is 18.1 Å². The van der Waals surface area contributed by atoms with E-state index in [1.165, 1.54) is 32.4 Å². The lowest BCUT2D eigenvalue weighted by Crippen LogP contribution is -2.22. The van der Waals surface area contributed by atoms with Crippen LogP contribution in [0.5, 0.6) is 17.2 Å². The number of para-hydroxylation sites is 2. The number of hydrogen-bond acceptors (Lipinski definition) is 6. The highest BCUT2D eigenvalue weighted by Crippen LogP contribution is 2.28. The second-order valence-electron chi connectivity index (χ2n) is 4.69. The minimum atomic E-state index is -1.33. The van der Waals surface area contributed by atoms with Gasteiger partial charge in [0.1, 0.15) is 5.75 Å². The number of carbonyl (C=O) groups excluding carboxylic acids is 2. The first-order valence-electron chi connectivity index (χ1n) is 7.00. The van der Waals surface area contributed by atoms with E-state index >= 15 is 0 Å². The summed E-state index contributed by atoms with van der Waals surface area (Å²) in [5.74, 6) is -0.750. The van der Waals surface area contributed by atoms with Gasteiger partial charge in [0.05, 0.1) is 25.9 Å². The molecule has 0 aromatic heterocycles. The van der Waals surface area contributed by atoms with Crippen molar-refractivity contribution in [2.45, 2.75) is 0 Å². The second-order valence-corrected chi connectivity index (χ2v) is 4.69. The summed E-state index contributed by atoms with van der Waals surface area (Å²) in [5.41, 5.74) is 0.477. The Labute approximate surface area is 138 Å². The number of nitrogens with one attached hydrogen (secondary N) is 1. The Morgan fingerprint density at radius 2 is 1.71 bits per heavy atom. The van der Waals surface area contributed by atoms with Crippen LogP contribution in [0, 0.1) is 0 Å². The summed E-state index contributed by atoms with van der Waals surface area (Å²) in [5, 5.41) is 13.5. The Morgan fingerprint density at radius 3 is 2.38 bits per heavy atom. The van der Waals surface area contributed by atoms with Crippen LogP contribution in [-0.2, 0) is 4.79 Å². The van der Waals surface area contributed by atoms with Gasteiger partial charge in [-0.2, -0.15) is 0 Å². The smallest absolute Gasteiger partial charge is 0.262 e. The van der Waals surface area contributed by atoms with Crippen LogP contribution < -0.4 is 24.6 Å². The van der Waals surface area contributed by atoms with Gasteiger partial charge in [-0.1, -0.05) is 12.1 Å². The Hall–Kier alpha value is -3.22. The summed E-state index contributed by atoms with van der Waals surface area (Å²) in [4.78, 5) is 22.8. The standard InChI is InChI=1S/C17H17NO6/c1-22-13-6-4-3-5-12(13)18-16(19)10-24-14-8-7-11(17(20)21)9-15(14)23-2/h3-9H,10H2,1-2H3,(H,18,19)(H,20,21)/p-1. The van der Waals surface area contributed by atoms with Crippen molar-refractivity contribution in [3.05, 3.63) is 48.0 Å². The fraction of sp³-hybridized carbons (Fsp3) is 0.176. The zero-order chi connectivity index (χ0) is 17.5. The lowest BCUT2D eigenvalue weighted by atomic mass is 10.2. The third-order valence-electron chi connectivity index (χ3n) is 3.14. The summed E-state index contributed by atoms with van der Waals surface area (Å²) in [6.07, 6.45) is 0. The van der Waals surface area contributed by atoms with Crippen LogP contribution in [0.2, 0.25) is 0 Å². The number of carboxylic acid groups (broad SMARTS) is 1. The minimum Gasteiger partial charge on any atom is -0.545 e. The number of benzene rings is 2. The number of aromatic carboxylic acids is 1. The fourth-order valence-electron chi connectivity index (χ4n) is 1.99. The SMILES string of the molecule is COc1ccccc1NC(=O)COc1ccc(C(=O)[O-])cc1OC. The van der Waals surface area contributed by atoms with Crippen molar-refractivity contribution >= 4 is 17.6 Å². The monoisotopic (exact) mass is 330 g/mol. The van der Waals surface area contributed by atoms with Crippen LogP contribution in [0.3, 0.4) is 0 Å². The highest BCUT2D eigenvalue weighted by Gasteiger charge is 2.11. The van der Waals surface area contributed by atoms with Crippen LogP contribution in [-0.4, -0.2) is 32.7 Å². The van der Waals surface area contributed by atoms with Gasteiger partial charge in [-0.25, -0.2) is 0 Å². The maximum Gasteiger partial charge on any atom is 0.262 e. The number of methoxy groups -OCH3 is 2. The number of amides is 1. The Bertz CT molecular complexity index is 744. The zero-order valence-corrected chi connectivity index (χ0v) is 13.2. The predicted octanol–water partition coefficient (Wildman–Crippen LogP) is 1.08. The van der Waals surface area contributed by atoms with Gasteiger partial charge >= 0.3 is 0 Å². The van der Waals surface area contributed by atoms with Gasteiger partial charge in [-0.3, -0.25) is 4.79 Å². The van der Waals surface area contributed by atoms with E-state index in [1.807, 2.05) is 0 Å².